The lowest BCUT2D eigenvalue weighted by Crippen LogP contribution is -2.23. The molecule has 0 heterocycles. The number of carbonyl (C=O) groups excluding carboxylic acids is 2. The minimum atomic E-state index is -0.177. The van der Waals surface area contributed by atoms with Gasteiger partial charge in [-0.1, -0.05) is 24.3 Å². The summed E-state index contributed by atoms with van der Waals surface area (Å²) < 4.78 is 0. The van der Waals surface area contributed by atoms with Crippen molar-refractivity contribution in [3.05, 3.63) is 59.7 Å². The summed E-state index contributed by atoms with van der Waals surface area (Å²) in [4.78, 5) is 24.7. The standard InChI is InChI=1S/C20H23N3O2/c1-13-7-10-17(22-19(24)14-5-3-2-4-6-14)12-18(13)23-20(25)15-8-9-16(21)11-15/h2-7,10,12,15-16H,8-9,11,21H2,1H3,(H,22,24)(H,23,25). The van der Waals surface area contributed by atoms with E-state index in [1.54, 1.807) is 18.2 Å². The Kier molecular flexibility index (Phi) is 5.14. The molecule has 1 fully saturated rings. The molecule has 0 spiro atoms. The summed E-state index contributed by atoms with van der Waals surface area (Å²) in [5.74, 6) is -0.206. The minimum Gasteiger partial charge on any atom is -0.328 e. The van der Waals surface area contributed by atoms with Crippen molar-refractivity contribution in [1.29, 1.82) is 0 Å². The van der Waals surface area contributed by atoms with Crippen molar-refractivity contribution in [3.8, 4) is 0 Å². The van der Waals surface area contributed by atoms with Gasteiger partial charge < -0.3 is 16.4 Å². The highest BCUT2D eigenvalue weighted by atomic mass is 16.2. The van der Waals surface area contributed by atoms with Crippen LogP contribution in [0, 0.1) is 12.8 Å². The molecular formula is C20H23N3O2. The molecule has 1 saturated carbocycles. The van der Waals surface area contributed by atoms with Crippen LogP contribution in [-0.4, -0.2) is 17.9 Å². The molecule has 5 nitrogen and oxygen atoms in total. The topological polar surface area (TPSA) is 84.2 Å². The molecule has 5 heteroatoms. The Hall–Kier alpha value is -2.66. The third-order valence-corrected chi connectivity index (χ3v) is 4.63. The molecule has 2 atom stereocenters. The number of anilines is 2. The van der Waals surface area contributed by atoms with Crippen LogP contribution >= 0.6 is 0 Å². The van der Waals surface area contributed by atoms with E-state index in [0.29, 0.717) is 11.3 Å². The van der Waals surface area contributed by atoms with Crippen LogP contribution in [0.15, 0.2) is 48.5 Å². The first-order valence-electron chi connectivity index (χ1n) is 8.56. The van der Waals surface area contributed by atoms with Gasteiger partial charge in [0.2, 0.25) is 5.91 Å². The maximum absolute atomic E-state index is 12.4. The van der Waals surface area contributed by atoms with Gasteiger partial charge >= 0.3 is 0 Å². The molecule has 4 N–H and O–H groups in total. The molecule has 0 radical (unpaired) electrons. The fraction of sp³-hybridized carbons (Fsp3) is 0.300. The van der Waals surface area contributed by atoms with Crippen LogP contribution in [0.25, 0.3) is 0 Å². The maximum atomic E-state index is 12.4. The zero-order valence-corrected chi connectivity index (χ0v) is 14.3. The van der Waals surface area contributed by atoms with E-state index in [9.17, 15) is 9.59 Å². The lowest BCUT2D eigenvalue weighted by Gasteiger charge is -2.14. The van der Waals surface area contributed by atoms with Crippen molar-refractivity contribution in [2.45, 2.75) is 32.2 Å². The second-order valence-electron chi connectivity index (χ2n) is 6.61. The first-order chi connectivity index (χ1) is 12.0. The average molecular weight is 337 g/mol. The summed E-state index contributed by atoms with van der Waals surface area (Å²) in [6.07, 6.45) is 2.45. The van der Waals surface area contributed by atoms with Crippen LogP contribution < -0.4 is 16.4 Å². The smallest absolute Gasteiger partial charge is 0.255 e. The van der Waals surface area contributed by atoms with E-state index in [1.165, 1.54) is 0 Å². The monoisotopic (exact) mass is 337 g/mol. The molecule has 2 amide bonds. The summed E-state index contributed by atoms with van der Waals surface area (Å²) in [7, 11) is 0. The number of benzene rings is 2. The average Bonchev–Trinajstić information content (AvgIpc) is 3.05. The number of carbonyl (C=O) groups is 2. The highest BCUT2D eigenvalue weighted by Gasteiger charge is 2.28. The maximum Gasteiger partial charge on any atom is 0.255 e. The van der Waals surface area contributed by atoms with Gasteiger partial charge in [0.25, 0.3) is 5.91 Å². The van der Waals surface area contributed by atoms with Crippen molar-refractivity contribution < 1.29 is 9.59 Å². The molecule has 0 aromatic heterocycles. The summed E-state index contributed by atoms with van der Waals surface area (Å²) in [5, 5.41) is 5.85. The fourth-order valence-electron chi connectivity index (χ4n) is 3.12. The summed E-state index contributed by atoms with van der Waals surface area (Å²) >= 11 is 0. The van der Waals surface area contributed by atoms with Gasteiger partial charge in [0, 0.05) is 28.9 Å². The van der Waals surface area contributed by atoms with E-state index in [1.807, 2.05) is 37.3 Å². The van der Waals surface area contributed by atoms with E-state index >= 15 is 0 Å². The van der Waals surface area contributed by atoms with Crippen LogP contribution in [0.4, 0.5) is 11.4 Å². The second-order valence-corrected chi connectivity index (χ2v) is 6.61. The first-order valence-corrected chi connectivity index (χ1v) is 8.56. The predicted octanol–water partition coefficient (Wildman–Crippen LogP) is 3.31. The van der Waals surface area contributed by atoms with Crippen molar-refractivity contribution in [3.63, 3.8) is 0 Å². The Labute approximate surface area is 147 Å². The molecule has 0 bridgehead atoms. The first kappa shape index (κ1) is 17.2. The van der Waals surface area contributed by atoms with E-state index in [4.69, 9.17) is 5.73 Å². The molecule has 130 valence electrons. The highest BCUT2D eigenvalue weighted by molar-refractivity contribution is 6.04. The lowest BCUT2D eigenvalue weighted by atomic mass is 10.1. The molecule has 0 aliphatic heterocycles. The van der Waals surface area contributed by atoms with Crippen LogP contribution in [0.3, 0.4) is 0 Å². The van der Waals surface area contributed by atoms with Gasteiger partial charge in [0.15, 0.2) is 0 Å². The molecule has 3 rings (SSSR count). The summed E-state index contributed by atoms with van der Waals surface area (Å²) in [5.41, 5.74) is 8.81. The number of aryl methyl sites for hydroxylation is 1. The number of nitrogens with one attached hydrogen (secondary N) is 2. The van der Waals surface area contributed by atoms with Gasteiger partial charge in [0.05, 0.1) is 0 Å². The van der Waals surface area contributed by atoms with E-state index in [0.717, 1.165) is 30.5 Å². The molecule has 0 saturated heterocycles. The number of amides is 2. The number of hydrogen-bond acceptors (Lipinski definition) is 3. The summed E-state index contributed by atoms with van der Waals surface area (Å²) in [6.45, 7) is 1.93. The number of nitrogens with two attached hydrogens (primary N) is 1. The van der Waals surface area contributed by atoms with Gasteiger partial charge in [-0.2, -0.15) is 0 Å². The summed E-state index contributed by atoms with van der Waals surface area (Å²) in [6, 6.07) is 14.7. The van der Waals surface area contributed by atoms with Crippen molar-refractivity contribution in [2.75, 3.05) is 10.6 Å². The minimum absolute atomic E-state index is 0.00239. The zero-order valence-electron chi connectivity index (χ0n) is 14.3. The molecule has 2 aromatic carbocycles. The predicted molar refractivity (Wildman–Crippen MR) is 99.5 cm³/mol. The third-order valence-electron chi connectivity index (χ3n) is 4.63. The van der Waals surface area contributed by atoms with Gasteiger partial charge in [-0.15, -0.1) is 0 Å². The molecule has 1 aliphatic rings. The van der Waals surface area contributed by atoms with Crippen molar-refractivity contribution in [2.24, 2.45) is 11.7 Å². The Morgan fingerprint density at radius 3 is 2.48 bits per heavy atom. The molecule has 25 heavy (non-hydrogen) atoms. The normalized spacial score (nSPS) is 19.4. The zero-order chi connectivity index (χ0) is 17.8. The Morgan fingerprint density at radius 2 is 1.80 bits per heavy atom. The van der Waals surface area contributed by atoms with Crippen molar-refractivity contribution >= 4 is 23.2 Å². The van der Waals surface area contributed by atoms with Crippen LogP contribution in [0.1, 0.15) is 35.2 Å². The van der Waals surface area contributed by atoms with Crippen molar-refractivity contribution in [1.82, 2.24) is 0 Å². The SMILES string of the molecule is Cc1ccc(NC(=O)c2ccccc2)cc1NC(=O)C1CCC(N)C1. The van der Waals surface area contributed by atoms with Crippen LogP contribution in [0.5, 0.6) is 0 Å². The Bertz CT molecular complexity index is 774. The van der Waals surface area contributed by atoms with Gasteiger partial charge in [-0.05, 0) is 56.0 Å². The molecule has 2 unspecified atom stereocenters. The molecular weight excluding hydrogens is 314 g/mol. The second kappa shape index (κ2) is 7.49. The lowest BCUT2D eigenvalue weighted by molar-refractivity contribution is -0.119. The van der Waals surface area contributed by atoms with Crippen LogP contribution in [0.2, 0.25) is 0 Å². The van der Waals surface area contributed by atoms with Gasteiger partial charge in [-0.25, -0.2) is 0 Å². The number of hydrogen-bond donors (Lipinski definition) is 3. The fourth-order valence-corrected chi connectivity index (χ4v) is 3.12. The largest absolute Gasteiger partial charge is 0.328 e. The van der Waals surface area contributed by atoms with E-state index < -0.39 is 0 Å². The van der Waals surface area contributed by atoms with E-state index in [-0.39, 0.29) is 23.8 Å². The third kappa shape index (κ3) is 4.25. The quantitative estimate of drug-likeness (QED) is 0.800. The molecule has 1 aliphatic carbocycles. The number of rotatable bonds is 4. The highest BCUT2D eigenvalue weighted by Crippen LogP contribution is 2.27. The van der Waals surface area contributed by atoms with Crippen LogP contribution in [-0.2, 0) is 4.79 Å². The Morgan fingerprint density at radius 1 is 1.04 bits per heavy atom. The molecule has 2 aromatic rings. The Balaban J connectivity index is 1.70. The van der Waals surface area contributed by atoms with E-state index in [2.05, 4.69) is 10.6 Å². The van der Waals surface area contributed by atoms with Gasteiger partial charge in [-0.3, -0.25) is 9.59 Å². The van der Waals surface area contributed by atoms with Gasteiger partial charge in [0.1, 0.15) is 0 Å².